The van der Waals surface area contributed by atoms with Crippen molar-refractivity contribution in [3.8, 4) is 5.75 Å². The van der Waals surface area contributed by atoms with Crippen molar-refractivity contribution in [3.63, 3.8) is 0 Å². The Hall–Kier alpha value is -2.04. The zero-order valence-corrected chi connectivity index (χ0v) is 16.5. The van der Waals surface area contributed by atoms with Crippen LogP contribution in [0.5, 0.6) is 5.75 Å². The van der Waals surface area contributed by atoms with Gasteiger partial charge in [-0.05, 0) is 86.5 Å². The van der Waals surface area contributed by atoms with E-state index in [1.807, 2.05) is 19.1 Å². The van der Waals surface area contributed by atoms with Crippen LogP contribution < -0.4 is 10.5 Å². The standard InChI is InChI=1S/C22H29N3O2/c1-13-6-17(4-5-18(13)27-3)22(19(26)25(2)20(23)24-22)21-10-14-7-15(11-21)9-16(8-14)12-21/h4-6,14-16H,7-12H2,1-3H3,(H2,23,24). The highest BCUT2D eigenvalue weighted by Crippen LogP contribution is 2.67. The number of nitrogens with zero attached hydrogens (tertiary/aromatic N) is 2. The number of nitrogens with two attached hydrogens (primary N) is 1. The van der Waals surface area contributed by atoms with Gasteiger partial charge in [0.2, 0.25) is 0 Å². The number of hydrogen-bond donors (Lipinski definition) is 1. The maximum Gasteiger partial charge on any atom is 0.262 e. The first-order valence-electron chi connectivity index (χ1n) is 10.2. The van der Waals surface area contributed by atoms with E-state index in [-0.39, 0.29) is 11.3 Å². The van der Waals surface area contributed by atoms with Crippen LogP contribution >= 0.6 is 0 Å². The van der Waals surface area contributed by atoms with Gasteiger partial charge in [0.25, 0.3) is 5.91 Å². The molecule has 0 aromatic heterocycles. The number of aryl methyl sites for hydroxylation is 1. The van der Waals surface area contributed by atoms with Gasteiger partial charge in [-0.3, -0.25) is 9.69 Å². The van der Waals surface area contributed by atoms with Crippen molar-refractivity contribution >= 4 is 11.9 Å². The van der Waals surface area contributed by atoms with Crippen molar-refractivity contribution in [2.24, 2.45) is 33.9 Å². The fourth-order valence-electron chi connectivity index (χ4n) is 7.14. The molecule has 2 N–H and O–H groups in total. The molecule has 1 amide bonds. The van der Waals surface area contributed by atoms with Crippen molar-refractivity contribution in [1.82, 2.24) is 4.90 Å². The number of aliphatic imine (C=N–C) groups is 1. The number of rotatable bonds is 3. The Kier molecular flexibility index (Phi) is 3.47. The fourth-order valence-corrected chi connectivity index (χ4v) is 7.14. The Bertz CT molecular complexity index is 811. The normalized spacial score (nSPS) is 39.8. The number of benzene rings is 1. The third kappa shape index (κ3) is 2.11. The van der Waals surface area contributed by atoms with Gasteiger partial charge in [-0.2, -0.15) is 0 Å². The summed E-state index contributed by atoms with van der Waals surface area (Å²) in [5, 5.41) is 0. The summed E-state index contributed by atoms with van der Waals surface area (Å²) in [4.78, 5) is 20.3. The van der Waals surface area contributed by atoms with E-state index in [1.165, 1.54) is 19.3 Å². The van der Waals surface area contributed by atoms with Gasteiger partial charge < -0.3 is 10.5 Å². The SMILES string of the molecule is COc1ccc(C2(C34CC5CC(CC(C5)C3)C4)N=C(N)N(C)C2=O)cc1C. The molecule has 4 bridgehead atoms. The largest absolute Gasteiger partial charge is 0.496 e. The van der Waals surface area contributed by atoms with E-state index in [1.54, 1.807) is 19.1 Å². The summed E-state index contributed by atoms with van der Waals surface area (Å²) >= 11 is 0. The minimum Gasteiger partial charge on any atom is -0.496 e. The molecule has 4 fully saturated rings. The molecular weight excluding hydrogens is 338 g/mol. The van der Waals surface area contributed by atoms with E-state index in [9.17, 15) is 4.79 Å². The fraction of sp³-hybridized carbons (Fsp3) is 0.636. The van der Waals surface area contributed by atoms with Gasteiger partial charge >= 0.3 is 0 Å². The van der Waals surface area contributed by atoms with E-state index in [0.29, 0.717) is 5.96 Å². The molecule has 1 unspecified atom stereocenters. The molecule has 1 aromatic rings. The second kappa shape index (κ2) is 5.49. The van der Waals surface area contributed by atoms with E-state index >= 15 is 0 Å². The van der Waals surface area contributed by atoms with Crippen LogP contribution in [-0.2, 0) is 10.3 Å². The lowest BCUT2D eigenvalue weighted by Gasteiger charge is -2.61. The summed E-state index contributed by atoms with van der Waals surface area (Å²) in [6.45, 7) is 2.03. The van der Waals surface area contributed by atoms with Crippen molar-refractivity contribution in [1.29, 1.82) is 0 Å². The molecule has 5 nitrogen and oxygen atoms in total. The van der Waals surface area contributed by atoms with Crippen LogP contribution in [0.3, 0.4) is 0 Å². The van der Waals surface area contributed by atoms with Crippen LogP contribution in [0.4, 0.5) is 0 Å². The number of amides is 1. The maximum atomic E-state index is 13.7. The van der Waals surface area contributed by atoms with E-state index in [4.69, 9.17) is 15.5 Å². The third-order valence-electron chi connectivity index (χ3n) is 7.86. The van der Waals surface area contributed by atoms with Crippen LogP contribution in [0, 0.1) is 30.1 Å². The van der Waals surface area contributed by atoms with E-state index in [2.05, 4.69) is 6.07 Å². The van der Waals surface area contributed by atoms with Crippen LogP contribution in [-0.4, -0.2) is 30.9 Å². The highest BCUT2D eigenvalue weighted by molar-refractivity contribution is 6.07. The minimum atomic E-state index is -0.876. The van der Waals surface area contributed by atoms with Gasteiger partial charge in [-0.15, -0.1) is 0 Å². The summed E-state index contributed by atoms with van der Waals surface area (Å²) < 4.78 is 5.46. The average molecular weight is 367 g/mol. The molecule has 5 aliphatic rings. The topological polar surface area (TPSA) is 67.9 Å². The molecule has 5 heteroatoms. The van der Waals surface area contributed by atoms with E-state index in [0.717, 1.165) is 53.9 Å². The van der Waals surface area contributed by atoms with Gasteiger partial charge in [-0.1, -0.05) is 6.07 Å². The quantitative estimate of drug-likeness (QED) is 0.892. The molecule has 1 heterocycles. The van der Waals surface area contributed by atoms with Gasteiger partial charge in [0.1, 0.15) is 5.75 Å². The van der Waals surface area contributed by atoms with Crippen molar-refractivity contribution in [2.75, 3.05) is 14.2 Å². The Balaban J connectivity index is 1.72. The van der Waals surface area contributed by atoms with Gasteiger partial charge in [0, 0.05) is 12.5 Å². The van der Waals surface area contributed by atoms with Crippen LogP contribution in [0.15, 0.2) is 23.2 Å². The maximum absolute atomic E-state index is 13.7. The Morgan fingerprint density at radius 3 is 2.19 bits per heavy atom. The predicted molar refractivity (Wildman–Crippen MR) is 104 cm³/mol. The van der Waals surface area contributed by atoms with Crippen LogP contribution in [0.2, 0.25) is 0 Å². The minimum absolute atomic E-state index is 0.0477. The van der Waals surface area contributed by atoms with Gasteiger partial charge in [-0.25, -0.2) is 4.99 Å². The number of hydrogen-bond acceptors (Lipinski definition) is 4. The summed E-state index contributed by atoms with van der Waals surface area (Å²) in [5.74, 6) is 3.46. The summed E-state index contributed by atoms with van der Waals surface area (Å²) in [5.41, 5.74) is 7.27. The lowest BCUT2D eigenvalue weighted by molar-refractivity contribution is -0.149. The first-order chi connectivity index (χ1) is 12.9. The molecule has 6 rings (SSSR count). The summed E-state index contributed by atoms with van der Waals surface area (Å²) in [6.07, 6.45) is 7.29. The third-order valence-corrected chi connectivity index (χ3v) is 7.86. The molecule has 0 saturated heterocycles. The number of likely N-dealkylation sites (N-methyl/N-ethyl adjacent to an activating group) is 1. The van der Waals surface area contributed by atoms with Gasteiger partial charge in [0.05, 0.1) is 7.11 Å². The molecular formula is C22H29N3O2. The monoisotopic (exact) mass is 367 g/mol. The lowest BCUT2D eigenvalue weighted by atomic mass is 9.43. The zero-order valence-electron chi connectivity index (χ0n) is 16.5. The second-order valence-electron chi connectivity index (χ2n) is 9.43. The average Bonchev–Trinajstić information content (AvgIpc) is 2.86. The molecule has 0 radical (unpaired) electrons. The summed E-state index contributed by atoms with van der Waals surface area (Å²) in [7, 11) is 3.45. The van der Waals surface area contributed by atoms with Crippen molar-refractivity contribution in [2.45, 2.75) is 51.0 Å². The van der Waals surface area contributed by atoms with Crippen LogP contribution in [0.1, 0.15) is 49.7 Å². The number of guanidine groups is 1. The highest BCUT2D eigenvalue weighted by atomic mass is 16.5. The second-order valence-corrected chi connectivity index (χ2v) is 9.43. The van der Waals surface area contributed by atoms with Crippen LogP contribution in [0.25, 0.3) is 0 Å². The number of carbonyl (C=O) groups excluding carboxylic acids is 1. The molecule has 0 spiro atoms. The number of ether oxygens (including phenoxy) is 1. The molecule has 1 aliphatic heterocycles. The Morgan fingerprint density at radius 1 is 1.15 bits per heavy atom. The molecule has 4 saturated carbocycles. The van der Waals surface area contributed by atoms with Crippen molar-refractivity contribution in [3.05, 3.63) is 29.3 Å². The first kappa shape index (κ1) is 17.1. The molecule has 4 aliphatic carbocycles. The molecule has 27 heavy (non-hydrogen) atoms. The predicted octanol–water partition coefficient (Wildman–Crippen LogP) is 3.20. The van der Waals surface area contributed by atoms with Gasteiger partial charge in [0.15, 0.2) is 11.5 Å². The van der Waals surface area contributed by atoms with E-state index < -0.39 is 5.54 Å². The molecule has 144 valence electrons. The first-order valence-corrected chi connectivity index (χ1v) is 10.2. The van der Waals surface area contributed by atoms with Crippen molar-refractivity contribution < 1.29 is 9.53 Å². The summed E-state index contributed by atoms with van der Waals surface area (Å²) in [6, 6.07) is 6.12. The lowest BCUT2D eigenvalue weighted by Crippen LogP contribution is -2.59. The number of carbonyl (C=O) groups is 1. The molecule has 1 aromatic carbocycles. The highest BCUT2D eigenvalue weighted by Gasteiger charge is 2.67. The molecule has 1 atom stereocenters. The zero-order chi connectivity index (χ0) is 19.0. The smallest absolute Gasteiger partial charge is 0.262 e. The number of methoxy groups -OCH3 is 1. The Morgan fingerprint density at radius 2 is 1.74 bits per heavy atom. The Labute approximate surface area is 161 Å².